The molecular formula is C12H13Br2N5. The van der Waals surface area contributed by atoms with Gasteiger partial charge in [-0.1, -0.05) is 0 Å². The Bertz CT molecular complexity index is 668. The third kappa shape index (κ3) is 1.68. The first-order chi connectivity index (χ1) is 9.15. The summed E-state index contributed by atoms with van der Waals surface area (Å²) in [6, 6.07) is 0.648. The van der Waals surface area contributed by atoms with E-state index in [1.54, 1.807) is 10.7 Å². The Kier molecular flexibility index (Phi) is 2.65. The van der Waals surface area contributed by atoms with Crippen molar-refractivity contribution in [3.8, 4) is 0 Å². The SMILES string of the molecule is Nc1c(Br)c(C2C[C@H]3C[C@@H]2CN3)nc2c(Br)cnn12. The normalized spacial score (nSPS) is 29.5. The molecule has 2 bridgehead atoms. The number of anilines is 1. The summed E-state index contributed by atoms with van der Waals surface area (Å²) in [5.41, 5.74) is 8.06. The van der Waals surface area contributed by atoms with Crippen LogP contribution in [0.3, 0.4) is 0 Å². The number of nitrogens with one attached hydrogen (secondary N) is 1. The van der Waals surface area contributed by atoms with Crippen LogP contribution in [0, 0.1) is 5.92 Å². The number of nitrogen functional groups attached to an aromatic ring is 1. The van der Waals surface area contributed by atoms with Crippen LogP contribution in [0.1, 0.15) is 24.5 Å². The fourth-order valence-electron chi connectivity index (χ4n) is 3.40. The van der Waals surface area contributed by atoms with Crippen LogP contribution >= 0.6 is 31.9 Å². The summed E-state index contributed by atoms with van der Waals surface area (Å²) in [5, 5.41) is 7.77. The monoisotopic (exact) mass is 385 g/mol. The molecule has 0 amide bonds. The van der Waals surface area contributed by atoms with Gasteiger partial charge in [-0.25, -0.2) is 4.98 Å². The summed E-state index contributed by atoms with van der Waals surface area (Å²) in [7, 11) is 0. The lowest BCUT2D eigenvalue weighted by molar-refractivity contribution is 0.432. The van der Waals surface area contributed by atoms with Gasteiger partial charge in [-0.2, -0.15) is 9.61 Å². The number of nitrogens with zero attached hydrogens (tertiary/aromatic N) is 3. The third-order valence-corrected chi connectivity index (χ3v) is 5.69. The van der Waals surface area contributed by atoms with Crippen LogP contribution in [0.5, 0.6) is 0 Å². The lowest BCUT2D eigenvalue weighted by atomic mass is 9.91. The second-order valence-corrected chi connectivity index (χ2v) is 7.01. The van der Waals surface area contributed by atoms with Gasteiger partial charge in [0.15, 0.2) is 5.65 Å². The zero-order valence-corrected chi connectivity index (χ0v) is 13.3. The van der Waals surface area contributed by atoms with E-state index in [1.165, 1.54) is 6.42 Å². The van der Waals surface area contributed by atoms with Gasteiger partial charge in [-0.15, -0.1) is 0 Å². The van der Waals surface area contributed by atoms with E-state index in [2.05, 4.69) is 42.3 Å². The molecule has 1 saturated heterocycles. The molecular weight excluding hydrogens is 374 g/mol. The maximum Gasteiger partial charge on any atom is 0.172 e. The number of fused-ring (bicyclic) bond motifs is 3. The summed E-state index contributed by atoms with van der Waals surface area (Å²) in [4.78, 5) is 4.79. The largest absolute Gasteiger partial charge is 0.383 e. The topological polar surface area (TPSA) is 68.2 Å². The average Bonchev–Trinajstić information content (AvgIpc) is 3.09. The van der Waals surface area contributed by atoms with Gasteiger partial charge in [-0.05, 0) is 57.2 Å². The van der Waals surface area contributed by atoms with E-state index >= 15 is 0 Å². The molecule has 2 aliphatic rings. The molecule has 0 radical (unpaired) electrons. The summed E-state index contributed by atoms with van der Waals surface area (Å²) in [5.74, 6) is 1.80. The summed E-state index contributed by atoms with van der Waals surface area (Å²) in [6.07, 6.45) is 4.14. The highest BCUT2D eigenvalue weighted by atomic mass is 79.9. The molecule has 0 spiro atoms. The molecule has 100 valence electrons. The molecule has 1 aliphatic carbocycles. The highest BCUT2D eigenvalue weighted by Gasteiger charge is 2.42. The van der Waals surface area contributed by atoms with Gasteiger partial charge in [0.25, 0.3) is 0 Å². The Hall–Kier alpha value is -0.660. The average molecular weight is 387 g/mol. The van der Waals surface area contributed by atoms with E-state index in [-0.39, 0.29) is 0 Å². The van der Waals surface area contributed by atoms with Crippen LogP contribution < -0.4 is 11.1 Å². The molecule has 1 saturated carbocycles. The van der Waals surface area contributed by atoms with E-state index in [0.717, 1.165) is 33.3 Å². The lowest BCUT2D eigenvalue weighted by Gasteiger charge is -2.23. The van der Waals surface area contributed by atoms with Gasteiger partial charge in [0.2, 0.25) is 0 Å². The molecule has 3 N–H and O–H groups in total. The number of hydrogen-bond acceptors (Lipinski definition) is 4. The van der Waals surface area contributed by atoms with E-state index < -0.39 is 0 Å². The van der Waals surface area contributed by atoms with Gasteiger partial charge in [0.05, 0.1) is 20.8 Å². The molecule has 19 heavy (non-hydrogen) atoms. The van der Waals surface area contributed by atoms with Crippen molar-refractivity contribution in [3.05, 3.63) is 20.8 Å². The van der Waals surface area contributed by atoms with Crippen LogP contribution in [-0.2, 0) is 0 Å². The Morgan fingerprint density at radius 3 is 2.89 bits per heavy atom. The number of aromatic nitrogens is 3. The van der Waals surface area contributed by atoms with Gasteiger partial charge < -0.3 is 11.1 Å². The molecule has 2 aromatic rings. The van der Waals surface area contributed by atoms with E-state index in [4.69, 9.17) is 10.7 Å². The molecule has 7 heteroatoms. The van der Waals surface area contributed by atoms with Crippen molar-refractivity contribution >= 4 is 43.3 Å². The molecule has 3 heterocycles. The summed E-state index contributed by atoms with van der Waals surface area (Å²) < 4.78 is 3.45. The Morgan fingerprint density at radius 2 is 2.21 bits per heavy atom. The van der Waals surface area contributed by atoms with Crippen molar-refractivity contribution in [3.63, 3.8) is 0 Å². The van der Waals surface area contributed by atoms with Crippen molar-refractivity contribution in [2.24, 2.45) is 5.92 Å². The van der Waals surface area contributed by atoms with Crippen molar-refractivity contribution in [1.82, 2.24) is 19.9 Å². The van der Waals surface area contributed by atoms with Crippen LogP contribution in [-0.4, -0.2) is 27.2 Å². The van der Waals surface area contributed by atoms with Gasteiger partial charge in [0, 0.05) is 12.0 Å². The summed E-state index contributed by atoms with van der Waals surface area (Å²) >= 11 is 7.09. The van der Waals surface area contributed by atoms with E-state index in [1.807, 2.05) is 0 Å². The fourth-order valence-corrected chi connectivity index (χ4v) is 4.30. The van der Waals surface area contributed by atoms with Crippen LogP contribution in [0.15, 0.2) is 15.1 Å². The fraction of sp³-hybridized carbons (Fsp3) is 0.500. The maximum absolute atomic E-state index is 6.18. The predicted molar refractivity (Wildman–Crippen MR) is 80.1 cm³/mol. The quantitative estimate of drug-likeness (QED) is 0.789. The van der Waals surface area contributed by atoms with Crippen molar-refractivity contribution in [2.45, 2.75) is 24.8 Å². The molecule has 2 fully saturated rings. The van der Waals surface area contributed by atoms with E-state index in [0.29, 0.717) is 23.7 Å². The highest BCUT2D eigenvalue weighted by Crippen LogP contribution is 2.45. The van der Waals surface area contributed by atoms with E-state index in [9.17, 15) is 0 Å². The number of hydrogen-bond donors (Lipinski definition) is 2. The van der Waals surface area contributed by atoms with Crippen molar-refractivity contribution in [2.75, 3.05) is 12.3 Å². The summed E-state index contributed by atoms with van der Waals surface area (Å²) in [6.45, 7) is 1.09. The lowest BCUT2D eigenvalue weighted by Crippen LogP contribution is -2.29. The first-order valence-corrected chi connectivity index (χ1v) is 7.95. The second kappa shape index (κ2) is 4.17. The smallest absolute Gasteiger partial charge is 0.172 e. The number of nitrogens with two attached hydrogens (primary N) is 1. The standard InChI is InChI=1S/C12H13Br2N5/c13-8-4-17-19-11(15)9(14)10(18-12(8)19)7-2-6-1-5(7)3-16-6/h4-7,16H,1-3,15H2/t5-,6-,7?/m1/s1. The zero-order chi connectivity index (χ0) is 13.1. The van der Waals surface area contributed by atoms with Crippen LogP contribution in [0.4, 0.5) is 5.82 Å². The molecule has 3 atom stereocenters. The molecule has 0 aromatic carbocycles. The number of piperidine rings is 1. The van der Waals surface area contributed by atoms with Gasteiger partial charge >= 0.3 is 0 Å². The van der Waals surface area contributed by atoms with Crippen molar-refractivity contribution in [1.29, 1.82) is 0 Å². The predicted octanol–water partition coefficient (Wildman–Crippen LogP) is 2.30. The Morgan fingerprint density at radius 1 is 1.37 bits per heavy atom. The first kappa shape index (κ1) is 12.1. The third-order valence-electron chi connectivity index (χ3n) is 4.32. The van der Waals surface area contributed by atoms with Gasteiger partial charge in [-0.3, -0.25) is 0 Å². The Labute approximate surface area is 127 Å². The highest BCUT2D eigenvalue weighted by molar-refractivity contribution is 9.11. The minimum absolute atomic E-state index is 0.495. The molecule has 1 aliphatic heterocycles. The number of rotatable bonds is 1. The second-order valence-electron chi connectivity index (χ2n) is 5.37. The van der Waals surface area contributed by atoms with Gasteiger partial charge in [0.1, 0.15) is 5.82 Å². The number of halogens is 2. The molecule has 5 nitrogen and oxygen atoms in total. The minimum atomic E-state index is 0.495. The molecule has 2 aromatic heterocycles. The van der Waals surface area contributed by atoms with Crippen LogP contribution in [0.25, 0.3) is 5.65 Å². The maximum atomic E-state index is 6.18. The minimum Gasteiger partial charge on any atom is -0.383 e. The molecule has 4 rings (SSSR count). The Balaban J connectivity index is 1.89. The molecule has 1 unspecified atom stereocenters. The van der Waals surface area contributed by atoms with Crippen LogP contribution in [0.2, 0.25) is 0 Å². The first-order valence-electron chi connectivity index (χ1n) is 6.36. The zero-order valence-electron chi connectivity index (χ0n) is 10.1. The van der Waals surface area contributed by atoms with Crippen molar-refractivity contribution < 1.29 is 0 Å².